The number of nitrogens with one attached hydrogen (secondary N) is 2. The number of aromatic nitrogens is 4. The topological polar surface area (TPSA) is 96.0 Å². The van der Waals surface area contributed by atoms with Crippen molar-refractivity contribution in [2.24, 2.45) is 5.41 Å². The van der Waals surface area contributed by atoms with E-state index in [2.05, 4.69) is 37.5 Å². The molecule has 1 aliphatic carbocycles. The van der Waals surface area contributed by atoms with E-state index in [1.165, 1.54) is 31.4 Å². The van der Waals surface area contributed by atoms with Crippen LogP contribution >= 0.6 is 0 Å². The molecule has 2 N–H and O–H groups in total. The summed E-state index contributed by atoms with van der Waals surface area (Å²) in [5.74, 6) is 1.63. The number of benzene rings is 2. The molecule has 2 aliphatic rings. The summed E-state index contributed by atoms with van der Waals surface area (Å²) in [6.45, 7) is 2.24. The largest absolute Gasteiger partial charge is 0.497 e. The number of methoxy groups -OCH3 is 1. The van der Waals surface area contributed by atoms with Crippen molar-refractivity contribution in [1.82, 2.24) is 20.2 Å². The molecule has 8 nitrogen and oxygen atoms in total. The van der Waals surface area contributed by atoms with E-state index in [1.54, 1.807) is 13.3 Å². The van der Waals surface area contributed by atoms with E-state index in [4.69, 9.17) is 9.72 Å². The average Bonchev–Trinajstić information content (AvgIpc) is 3.63. The molecular weight excluding hydrogens is 428 g/mol. The zero-order valence-corrected chi connectivity index (χ0v) is 19.0. The number of ether oxygens (including phenoxy) is 1. The quantitative estimate of drug-likeness (QED) is 0.458. The maximum Gasteiger partial charge on any atom is 0.277 e. The van der Waals surface area contributed by atoms with E-state index in [1.807, 2.05) is 36.4 Å². The SMILES string of the molecule is COc1cccc(-c2nc(Nc3ccc(N4CCC5(CC4)CC5)cc3)c3c(=O)[nH]ncc3n2)c1. The summed E-state index contributed by atoms with van der Waals surface area (Å²) in [5, 5.41) is 10.1. The monoisotopic (exact) mass is 454 g/mol. The zero-order valence-electron chi connectivity index (χ0n) is 19.0. The molecule has 0 bridgehead atoms. The molecule has 2 fully saturated rings. The van der Waals surface area contributed by atoms with Crippen LogP contribution in [0.2, 0.25) is 0 Å². The van der Waals surface area contributed by atoms with Crippen molar-refractivity contribution in [2.45, 2.75) is 25.7 Å². The molecule has 8 heteroatoms. The normalized spacial score (nSPS) is 16.6. The smallest absolute Gasteiger partial charge is 0.277 e. The van der Waals surface area contributed by atoms with Crippen LogP contribution in [0.4, 0.5) is 17.2 Å². The van der Waals surface area contributed by atoms with Gasteiger partial charge in [-0.05, 0) is 67.5 Å². The van der Waals surface area contributed by atoms with E-state index in [9.17, 15) is 4.79 Å². The van der Waals surface area contributed by atoms with E-state index in [0.717, 1.165) is 24.3 Å². The lowest BCUT2D eigenvalue weighted by Gasteiger charge is -2.33. The summed E-state index contributed by atoms with van der Waals surface area (Å²) in [6.07, 6.45) is 6.94. The highest BCUT2D eigenvalue weighted by molar-refractivity contribution is 5.91. The van der Waals surface area contributed by atoms with Crippen molar-refractivity contribution in [1.29, 1.82) is 0 Å². The lowest BCUT2D eigenvalue weighted by atomic mass is 9.93. The Morgan fingerprint density at radius 1 is 1.03 bits per heavy atom. The molecule has 0 amide bonds. The van der Waals surface area contributed by atoms with E-state index in [0.29, 0.717) is 33.7 Å². The van der Waals surface area contributed by atoms with Crippen LogP contribution in [0, 0.1) is 5.41 Å². The van der Waals surface area contributed by atoms with Crippen LogP contribution in [-0.2, 0) is 0 Å². The minimum Gasteiger partial charge on any atom is -0.497 e. The molecule has 0 atom stereocenters. The fraction of sp³-hybridized carbons (Fsp3) is 0.308. The number of piperidine rings is 1. The van der Waals surface area contributed by atoms with Crippen molar-refractivity contribution in [3.63, 3.8) is 0 Å². The number of hydrogen-bond donors (Lipinski definition) is 2. The molecule has 2 aromatic carbocycles. The molecule has 0 radical (unpaired) electrons. The average molecular weight is 455 g/mol. The minimum absolute atomic E-state index is 0.337. The van der Waals surface area contributed by atoms with Gasteiger partial charge >= 0.3 is 0 Å². The first kappa shape index (κ1) is 20.7. The van der Waals surface area contributed by atoms with E-state index < -0.39 is 0 Å². The summed E-state index contributed by atoms with van der Waals surface area (Å²) in [4.78, 5) is 24.3. The Balaban J connectivity index is 1.32. The third kappa shape index (κ3) is 3.85. The molecule has 3 heterocycles. The van der Waals surface area contributed by atoms with Gasteiger partial charge in [-0.1, -0.05) is 12.1 Å². The van der Waals surface area contributed by atoms with Gasteiger partial charge in [0.05, 0.1) is 13.3 Å². The van der Waals surface area contributed by atoms with Gasteiger partial charge in [0.2, 0.25) is 0 Å². The summed E-state index contributed by atoms with van der Waals surface area (Å²) >= 11 is 0. The summed E-state index contributed by atoms with van der Waals surface area (Å²) in [5.41, 5.74) is 3.67. The second-order valence-electron chi connectivity index (χ2n) is 9.25. The van der Waals surface area contributed by atoms with Gasteiger partial charge in [-0.3, -0.25) is 4.79 Å². The van der Waals surface area contributed by atoms with E-state index >= 15 is 0 Å². The minimum atomic E-state index is -0.337. The molecule has 172 valence electrons. The molecule has 4 aromatic rings. The summed E-state index contributed by atoms with van der Waals surface area (Å²) in [6, 6.07) is 15.9. The Kier molecular flexibility index (Phi) is 4.94. The van der Waals surface area contributed by atoms with Gasteiger partial charge in [-0.25, -0.2) is 15.1 Å². The first-order chi connectivity index (χ1) is 16.6. The summed E-state index contributed by atoms with van der Waals surface area (Å²) in [7, 11) is 1.62. The Labute approximate surface area is 197 Å². The van der Waals surface area contributed by atoms with Crippen LogP contribution in [0.3, 0.4) is 0 Å². The first-order valence-corrected chi connectivity index (χ1v) is 11.6. The summed E-state index contributed by atoms with van der Waals surface area (Å²) < 4.78 is 5.34. The molecule has 0 unspecified atom stereocenters. The molecule has 1 saturated carbocycles. The maximum atomic E-state index is 12.6. The molecule has 1 saturated heterocycles. The highest BCUT2D eigenvalue weighted by Crippen LogP contribution is 2.53. The second-order valence-corrected chi connectivity index (χ2v) is 9.25. The van der Waals surface area contributed by atoms with Crippen molar-refractivity contribution < 1.29 is 4.74 Å². The number of H-pyrrole nitrogens is 1. The van der Waals surface area contributed by atoms with Crippen LogP contribution < -0.4 is 20.5 Å². The van der Waals surface area contributed by atoms with Crippen molar-refractivity contribution in [3.05, 3.63) is 65.1 Å². The first-order valence-electron chi connectivity index (χ1n) is 11.6. The van der Waals surface area contributed by atoms with Crippen molar-refractivity contribution in [3.8, 4) is 17.1 Å². The van der Waals surface area contributed by atoms with E-state index in [-0.39, 0.29) is 5.56 Å². The fourth-order valence-corrected chi connectivity index (χ4v) is 4.79. The highest BCUT2D eigenvalue weighted by Gasteiger charge is 2.44. The highest BCUT2D eigenvalue weighted by atomic mass is 16.5. The van der Waals surface area contributed by atoms with Crippen LogP contribution in [0.25, 0.3) is 22.3 Å². The third-order valence-corrected chi connectivity index (χ3v) is 7.12. The predicted molar refractivity (Wildman–Crippen MR) is 133 cm³/mol. The van der Waals surface area contributed by atoms with Gasteiger partial charge in [-0.15, -0.1) is 0 Å². The number of nitrogens with zero attached hydrogens (tertiary/aromatic N) is 4. The van der Waals surface area contributed by atoms with Gasteiger partial charge in [0.1, 0.15) is 22.5 Å². The Hall–Kier alpha value is -3.94. The Morgan fingerprint density at radius 2 is 1.82 bits per heavy atom. The number of hydrogen-bond acceptors (Lipinski definition) is 7. The number of anilines is 3. The zero-order chi connectivity index (χ0) is 23.1. The van der Waals surface area contributed by atoms with Crippen LogP contribution in [0.1, 0.15) is 25.7 Å². The van der Waals surface area contributed by atoms with Crippen molar-refractivity contribution in [2.75, 3.05) is 30.4 Å². The molecule has 2 aromatic heterocycles. The lowest BCUT2D eigenvalue weighted by molar-refractivity contribution is 0.384. The maximum absolute atomic E-state index is 12.6. The molecule has 1 spiro atoms. The number of fused-ring (bicyclic) bond motifs is 1. The molecule has 34 heavy (non-hydrogen) atoms. The second kappa shape index (κ2) is 8.13. The van der Waals surface area contributed by atoms with Crippen LogP contribution in [0.5, 0.6) is 5.75 Å². The molecular formula is C26H26N6O2. The van der Waals surface area contributed by atoms with Crippen molar-refractivity contribution >= 4 is 28.1 Å². The fourth-order valence-electron chi connectivity index (χ4n) is 4.79. The van der Waals surface area contributed by atoms with Gasteiger partial charge < -0.3 is 15.0 Å². The number of rotatable bonds is 5. The third-order valence-electron chi connectivity index (χ3n) is 7.12. The van der Waals surface area contributed by atoms with Gasteiger partial charge in [0.15, 0.2) is 5.82 Å². The van der Waals surface area contributed by atoms with Crippen LogP contribution in [0.15, 0.2) is 59.5 Å². The Bertz CT molecular complexity index is 1400. The standard InChI is InChI=1S/C26H26N6O2/c1-34-20-4-2-3-17(15-20)23-29-21-16-27-31-25(33)22(21)24(30-23)28-18-5-7-19(8-6-18)32-13-11-26(9-10-26)12-14-32/h2-8,15-16H,9-14H2,1H3,(H,31,33)(H,28,29,30). The molecule has 6 rings (SSSR count). The predicted octanol–water partition coefficient (Wildman–Crippen LogP) is 4.51. The van der Waals surface area contributed by atoms with Gasteiger partial charge in [0, 0.05) is 30.0 Å². The molecule has 1 aliphatic heterocycles. The van der Waals surface area contributed by atoms with Crippen LogP contribution in [-0.4, -0.2) is 40.4 Å². The lowest BCUT2D eigenvalue weighted by Crippen LogP contribution is -2.34. The van der Waals surface area contributed by atoms with Gasteiger partial charge in [-0.2, -0.15) is 5.10 Å². The number of aromatic amines is 1. The Morgan fingerprint density at radius 3 is 2.56 bits per heavy atom. The van der Waals surface area contributed by atoms with Gasteiger partial charge in [0.25, 0.3) is 5.56 Å².